The molecular weight excluding hydrogens is 414 g/mol. The van der Waals surface area contributed by atoms with Crippen LogP contribution in [0.25, 0.3) is 0 Å². The van der Waals surface area contributed by atoms with Crippen LogP contribution in [0.2, 0.25) is 0 Å². The maximum Gasteiger partial charge on any atom is 0.165 e. The number of rotatable bonds is 8. The van der Waals surface area contributed by atoms with Gasteiger partial charge in [-0.25, -0.2) is 0 Å². The van der Waals surface area contributed by atoms with Crippen molar-refractivity contribution < 1.29 is 9.84 Å². The molecule has 0 amide bonds. The standard InChI is InChI=1S/C26H39N5O2/c1-33-22-9-13-29(14-10-22)25(32)30-18-26(19-30,11-12-27)31-15-7-21(8-16-31)28-24-17-23(24)20-5-3-2-4-6-20/h2-6,21-25,28,32H,7-11,13-19H2,1H3/t23?,24-,25?/m1/s1. The number of benzene rings is 1. The predicted molar refractivity (Wildman–Crippen MR) is 127 cm³/mol. The predicted octanol–water partition coefficient (Wildman–Crippen LogP) is 1.95. The first kappa shape index (κ1) is 23.2. The molecule has 0 radical (unpaired) electrons. The third-order valence-electron chi connectivity index (χ3n) is 8.50. The van der Waals surface area contributed by atoms with Crippen LogP contribution in [0.3, 0.4) is 0 Å². The van der Waals surface area contributed by atoms with Crippen LogP contribution in [-0.4, -0.2) is 96.3 Å². The molecule has 3 saturated heterocycles. The molecule has 1 saturated carbocycles. The number of aliphatic hydroxyl groups excluding tert-OH is 1. The van der Waals surface area contributed by atoms with E-state index in [9.17, 15) is 10.4 Å². The highest BCUT2D eigenvalue weighted by Crippen LogP contribution is 2.42. The summed E-state index contributed by atoms with van der Waals surface area (Å²) in [4.78, 5) is 6.83. The van der Waals surface area contributed by atoms with Crippen molar-refractivity contribution in [3.8, 4) is 6.07 Å². The van der Waals surface area contributed by atoms with Crippen LogP contribution in [0.1, 0.15) is 50.0 Å². The van der Waals surface area contributed by atoms with Gasteiger partial charge in [0.25, 0.3) is 0 Å². The molecule has 5 rings (SSSR count). The fourth-order valence-electron chi connectivity index (χ4n) is 6.29. The Morgan fingerprint density at radius 2 is 1.79 bits per heavy atom. The van der Waals surface area contributed by atoms with Gasteiger partial charge in [0.05, 0.1) is 24.1 Å². The summed E-state index contributed by atoms with van der Waals surface area (Å²) >= 11 is 0. The van der Waals surface area contributed by atoms with E-state index in [2.05, 4.69) is 56.4 Å². The van der Waals surface area contributed by atoms with Crippen molar-refractivity contribution in [1.29, 1.82) is 5.26 Å². The molecule has 4 aliphatic rings. The van der Waals surface area contributed by atoms with Gasteiger partial charge in [-0.2, -0.15) is 5.26 Å². The lowest BCUT2D eigenvalue weighted by Crippen LogP contribution is -2.74. The molecule has 2 unspecified atom stereocenters. The van der Waals surface area contributed by atoms with Gasteiger partial charge in [0.15, 0.2) is 6.35 Å². The van der Waals surface area contributed by atoms with Gasteiger partial charge in [0.2, 0.25) is 0 Å². The molecule has 1 aromatic rings. The van der Waals surface area contributed by atoms with E-state index in [0.717, 1.165) is 65.0 Å². The first-order valence-corrected chi connectivity index (χ1v) is 12.7. The van der Waals surface area contributed by atoms with E-state index in [1.54, 1.807) is 7.11 Å². The van der Waals surface area contributed by atoms with Crippen molar-refractivity contribution in [3.63, 3.8) is 0 Å². The molecule has 0 aromatic heterocycles. The van der Waals surface area contributed by atoms with Gasteiger partial charge >= 0.3 is 0 Å². The third kappa shape index (κ3) is 4.97. The van der Waals surface area contributed by atoms with E-state index in [1.165, 1.54) is 12.0 Å². The van der Waals surface area contributed by atoms with Crippen molar-refractivity contribution >= 4 is 0 Å². The van der Waals surface area contributed by atoms with Crippen LogP contribution in [0.4, 0.5) is 0 Å². The summed E-state index contributed by atoms with van der Waals surface area (Å²) in [5, 5.41) is 24.4. The molecule has 2 N–H and O–H groups in total. The summed E-state index contributed by atoms with van der Waals surface area (Å²) in [5.74, 6) is 0.671. The van der Waals surface area contributed by atoms with Gasteiger partial charge in [-0.15, -0.1) is 0 Å². The Hall–Kier alpha value is -1.53. The molecule has 33 heavy (non-hydrogen) atoms. The number of aliphatic hydroxyl groups is 1. The number of methoxy groups -OCH3 is 1. The average Bonchev–Trinajstić information content (AvgIpc) is 3.61. The lowest BCUT2D eigenvalue weighted by Gasteiger charge is -2.59. The van der Waals surface area contributed by atoms with Crippen molar-refractivity contribution in [2.45, 2.75) is 74.5 Å². The van der Waals surface area contributed by atoms with Crippen LogP contribution in [0.15, 0.2) is 30.3 Å². The molecular formula is C26H39N5O2. The Bertz CT molecular complexity index is 808. The molecule has 1 aliphatic carbocycles. The van der Waals surface area contributed by atoms with Crippen molar-refractivity contribution in [3.05, 3.63) is 35.9 Å². The zero-order chi connectivity index (χ0) is 22.8. The molecule has 7 heteroatoms. The summed E-state index contributed by atoms with van der Waals surface area (Å²) in [6.45, 7) is 5.36. The third-order valence-corrected chi connectivity index (χ3v) is 8.50. The van der Waals surface area contributed by atoms with E-state index in [0.29, 0.717) is 30.5 Å². The number of hydrogen-bond donors (Lipinski definition) is 2. The largest absolute Gasteiger partial charge is 0.381 e. The second-order valence-corrected chi connectivity index (χ2v) is 10.6. The van der Waals surface area contributed by atoms with E-state index < -0.39 is 6.35 Å². The minimum atomic E-state index is -0.543. The molecule has 7 nitrogen and oxygen atoms in total. The molecule has 3 heterocycles. The second-order valence-electron chi connectivity index (χ2n) is 10.6. The fraction of sp³-hybridized carbons (Fsp3) is 0.731. The number of piperidine rings is 2. The molecule has 180 valence electrons. The first-order valence-electron chi connectivity index (χ1n) is 12.7. The number of nitrogens with one attached hydrogen (secondary N) is 1. The smallest absolute Gasteiger partial charge is 0.165 e. The SMILES string of the molecule is COC1CCN(C(O)N2CC(CC#N)(N3CCC(N[C@@H]4CC4c4ccccc4)CC3)C2)CC1. The Balaban J connectivity index is 1.09. The number of hydrogen-bond acceptors (Lipinski definition) is 7. The monoisotopic (exact) mass is 453 g/mol. The van der Waals surface area contributed by atoms with E-state index >= 15 is 0 Å². The average molecular weight is 454 g/mol. The van der Waals surface area contributed by atoms with Crippen LogP contribution in [-0.2, 0) is 4.74 Å². The van der Waals surface area contributed by atoms with E-state index in [4.69, 9.17) is 4.74 Å². The number of nitriles is 1. The Morgan fingerprint density at radius 3 is 2.42 bits per heavy atom. The van der Waals surface area contributed by atoms with Gasteiger partial charge in [0.1, 0.15) is 0 Å². The van der Waals surface area contributed by atoms with Crippen molar-refractivity contribution in [2.75, 3.05) is 46.4 Å². The van der Waals surface area contributed by atoms with Gasteiger partial charge in [-0.3, -0.25) is 14.7 Å². The number of likely N-dealkylation sites (tertiary alicyclic amines) is 3. The Kier molecular flexibility index (Phi) is 7.03. The maximum atomic E-state index is 10.9. The molecule has 3 atom stereocenters. The minimum absolute atomic E-state index is 0.0995. The number of nitrogens with zero attached hydrogens (tertiary/aromatic N) is 4. The van der Waals surface area contributed by atoms with Gasteiger partial charge in [-0.05, 0) is 37.7 Å². The highest BCUT2D eigenvalue weighted by Gasteiger charge is 2.51. The number of ether oxygens (including phenoxy) is 1. The zero-order valence-electron chi connectivity index (χ0n) is 19.9. The summed E-state index contributed by atoms with van der Waals surface area (Å²) in [6, 6.07) is 14.5. The summed E-state index contributed by atoms with van der Waals surface area (Å²) in [6.07, 6.45) is 5.77. The van der Waals surface area contributed by atoms with Crippen molar-refractivity contribution in [1.82, 2.24) is 20.0 Å². The first-order chi connectivity index (χ1) is 16.1. The Morgan fingerprint density at radius 1 is 1.09 bits per heavy atom. The van der Waals surface area contributed by atoms with Crippen LogP contribution < -0.4 is 5.32 Å². The lowest BCUT2D eigenvalue weighted by atomic mass is 9.82. The van der Waals surface area contributed by atoms with E-state index in [1.807, 2.05) is 0 Å². The van der Waals surface area contributed by atoms with Gasteiger partial charge in [-0.1, -0.05) is 30.3 Å². The Labute approximate surface area is 198 Å². The van der Waals surface area contributed by atoms with Crippen LogP contribution in [0, 0.1) is 11.3 Å². The summed E-state index contributed by atoms with van der Waals surface area (Å²) in [7, 11) is 1.77. The summed E-state index contributed by atoms with van der Waals surface area (Å²) < 4.78 is 5.46. The van der Waals surface area contributed by atoms with Crippen LogP contribution in [0.5, 0.6) is 0 Å². The normalized spacial score (nSPS) is 30.5. The molecule has 4 fully saturated rings. The lowest BCUT2D eigenvalue weighted by molar-refractivity contribution is -0.196. The molecule has 0 bridgehead atoms. The van der Waals surface area contributed by atoms with Crippen molar-refractivity contribution in [2.24, 2.45) is 0 Å². The molecule has 3 aliphatic heterocycles. The fourth-order valence-corrected chi connectivity index (χ4v) is 6.29. The second kappa shape index (κ2) is 9.99. The van der Waals surface area contributed by atoms with E-state index in [-0.39, 0.29) is 5.54 Å². The highest BCUT2D eigenvalue weighted by atomic mass is 16.5. The molecule has 0 spiro atoms. The minimum Gasteiger partial charge on any atom is -0.381 e. The zero-order valence-corrected chi connectivity index (χ0v) is 19.9. The molecule has 1 aromatic carbocycles. The maximum absolute atomic E-state index is 10.9. The van der Waals surface area contributed by atoms with Crippen LogP contribution >= 0.6 is 0 Å². The topological polar surface area (TPSA) is 75.0 Å². The quantitative estimate of drug-likeness (QED) is 0.623. The van der Waals surface area contributed by atoms with Gasteiger partial charge in [0, 0.05) is 64.4 Å². The summed E-state index contributed by atoms with van der Waals surface area (Å²) in [5.41, 5.74) is 1.36. The van der Waals surface area contributed by atoms with Gasteiger partial charge < -0.3 is 15.2 Å². The highest BCUT2D eigenvalue weighted by molar-refractivity contribution is 5.27.